The minimum Gasteiger partial charge on any atom is -0.497 e. The van der Waals surface area contributed by atoms with Gasteiger partial charge in [-0.05, 0) is 17.2 Å². The van der Waals surface area contributed by atoms with Crippen molar-refractivity contribution in [3.05, 3.63) is 59.2 Å². The maximum Gasteiger partial charge on any atom is 0.258 e. The molecule has 1 amide bonds. The van der Waals surface area contributed by atoms with Gasteiger partial charge in [0.15, 0.2) is 0 Å². The summed E-state index contributed by atoms with van der Waals surface area (Å²) < 4.78 is 10.6. The molecule has 2 aromatic rings. The molecule has 0 unspecified atom stereocenters. The number of nitrogens with zero attached hydrogens (tertiary/aromatic N) is 1. The molecular weight excluding hydrogens is 290 g/mol. The third-order valence-corrected chi connectivity index (χ3v) is 3.69. The van der Waals surface area contributed by atoms with Crippen LogP contribution < -0.4 is 9.47 Å². The van der Waals surface area contributed by atoms with Gasteiger partial charge in [-0.1, -0.05) is 44.2 Å². The molecule has 0 aliphatic carbocycles. The first kappa shape index (κ1) is 16.9. The molecule has 0 saturated heterocycles. The van der Waals surface area contributed by atoms with E-state index in [1.54, 1.807) is 20.3 Å². The molecule has 0 bridgehead atoms. The van der Waals surface area contributed by atoms with E-state index in [9.17, 15) is 4.79 Å². The highest BCUT2D eigenvalue weighted by molar-refractivity contribution is 6.01. The van der Waals surface area contributed by atoms with Crippen molar-refractivity contribution < 1.29 is 14.3 Å². The topological polar surface area (TPSA) is 38.8 Å². The van der Waals surface area contributed by atoms with Crippen LogP contribution in [0.5, 0.6) is 11.5 Å². The van der Waals surface area contributed by atoms with Gasteiger partial charge in [0.1, 0.15) is 11.5 Å². The molecule has 1 heterocycles. The van der Waals surface area contributed by atoms with Gasteiger partial charge in [0.2, 0.25) is 0 Å². The molecule has 0 atom stereocenters. The van der Waals surface area contributed by atoms with Crippen molar-refractivity contribution in [1.82, 2.24) is 4.90 Å². The van der Waals surface area contributed by atoms with Crippen molar-refractivity contribution in [2.45, 2.75) is 26.9 Å². The normalized spacial score (nSPS) is 12.3. The molecule has 0 spiro atoms. The van der Waals surface area contributed by atoms with E-state index in [1.165, 1.54) is 0 Å². The van der Waals surface area contributed by atoms with Crippen LogP contribution in [0.15, 0.2) is 42.5 Å². The highest BCUT2D eigenvalue weighted by Gasteiger charge is 2.31. The Hall–Kier alpha value is -2.49. The second-order valence-corrected chi connectivity index (χ2v) is 5.01. The van der Waals surface area contributed by atoms with E-state index in [4.69, 9.17) is 9.47 Å². The van der Waals surface area contributed by atoms with Gasteiger partial charge in [-0.2, -0.15) is 0 Å². The van der Waals surface area contributed by atoms with E-state index >= 15 is 0 Å². The number of hydrogen-bond acceptors (Lipinski definition) is 3. The van der Waals surface area contributed by atoms with Gasteiger partial charge in [-0.15, -0.1) is 0 Å². The van der Waals surface area contributed by atoms with Gasteiger partial charge < -0.3 is 14.4 Å². The second-order valence-electron chi connectivity index (χ2n) is 5.01. The van der Waals surface area contributed by atoms with Gasteiger partial charge in [0, 0.05) is 19.2 Å². The van der Waals surface area contributed by atoms with Crippen LogP contribution >= 0.6 is 0 Å². The Morgan fingerprint density at radius 2 is 1.74 bits per heavy atom. The quantitative estimate of drug-likeness (QED) is 0.859. The number of hydrogen-bond donors (Lipinski definition) is 0. The predicted molar refractivity (Wildman–Crippen MR) is 90.9 cm³/mol. The molecule has 2 aromatic carbocycles. The Kier molecular flexibility index (Phi) is 5.63. The van der Waals surface area contributed by atoms with Gasteiger partial charge in [-0.3, -0.25) is 4.79 Å². The first-order chi connectivity index (χ1) is 11.2. The van der Waals surface area contributed by atoms with E-state index in [2.05, 4.69) is 0 Å². The lowest BCUT2D eigenvalue weighted by molar-refractivity contribution is 0.0764. The minimum atomic E-state index is 0.00774. The summed E-state index contributed by atoms with van der Waals surface area (Å²) >= 11 is 0. The summed E-state index contributed by atoms with van der Waals surface area (Å²) in [7, 11) is 3.18. The number of carbonyl (C=O) groups excluding carboxylic acids is 1. The molecule has 0 aromatic heterocycles. The highest BCUT2D eigenvalue weighted by atomic mass is 16.5. The molecule has 4 nitrogen and oxygen atoms in total. The zero-order valence-corrected chi connectivity index (χ0v) is 14.1. The molecule has 0 N–H and O–H groups in total. The SMILES string of the molecule is CC.COc1cc2c(c(OC)c1)C(=O)N(Cc1ccccc1)C2. The number of methoxy groups -OCH3 is 2. The summed E-state index contributed by atoms with van der Waals surface area (Å²) in [6, 6.07) is 13.6. The maximum absolute atomic E-state index is 12.6. The summed E-state index contributed by atoms with van der Waals surface area (Å²) in [5, 5.41) is 0. The predicted octanol–water partition coefficient (Wildman–Crippen LogP) is 3.89. The third-order valence-electron chi connectivity index (χ3n) is 3.69. The van der Waals surface area contributed by atoms with Crippen LogP contribution in [0.4, 0.5) is 0 Å². The molecule has 0 radical (unpaired) electrons. The van der Waals surface area contributed by atoms with Gasteiger partial charge >= 0.3 is 0 Å². The van der Waals surface area contributed by atoms with Crippen LogP contribution in [0.2, 0.25) is 0 Å². The van der Waals surface area contributed by atoms with Crippen molar-refractivity contribution in [3.8, 4) is 11.5 Å². The monoisotopic (exact) mass is 313 g/mol. The molecule has 23 heavy (non-hydrogen) atoms. The fourth-order valence-corrected chi connectivity index (χ4v) is 2.66. The lowest BCUT2D eigenvalue weighted by Crippen LogP contribution is -2.23. The lowest BCUT2D eigenvalue weighted by atomic mass is 10.1. The van der Waals surface area contributed by atoms with Crippen molar-refractivity contribution in [2.24, 2.45) is 0 Å². The van der Waals surface area contributed by atoms with E-state index in [1.807, 2.05) is 55.1 Å². The number of benzene rings is 2. The zero-order chi connectivity index (χ0) is 16.8. The molecule has 0 fully saturated rings. The van der Waals surface area contributed by atoms with Crippen molar-refractivity contribution in [1.29, 1.82) is 0 Å². The minimum absolute atomic E-state index is 0.00774. The molecule has 3 rings (SSSR count). The Labute approximate surface area is 137 Å². The number of amides is 1. The Bertz CT molecular complexity index is 668. The zero-order valence-electron chi connectivity index (χ0n) is 14.1. The van der Waals surface area contributed by atoms with Gasteiger partial charge in [-0.25, -0.2) is 0 Å². The van der Waals surface area contributed by atoms with Crippen LogP contribution in [0, 0.1) is 0 Å². The molecule has 1 aliphatic heterocycles. The van der Waals surface area contributed by atoms with Crippen molar-refractivity contribution in [2.75, 3.05) is 14.2 Å². The lowest BCUT2D eigenvalue weighted by Gasteiger charge is -2.15. The van der Waals surface area contributed by atoms with E-state index < -0.39 is 0 Å². The van der Waals surface area contributed by atoms with Crippen LogP contribution in [-0.4, -0.2) is 25.0 Å². The summed E-state index contributed by atoms with van der Waals surface area (Å²) in [6.07, 6.45) is 0. The average molecular weight is 313 g/mol. The molecular formula is C19H23NO3. The second kappa shape index (κ2) is 7.68. The fourth-order valence-electron chi connectivity index (χ4n) is 2.66. The van der Waals surface area contributed by atoms with E-state index in [-0.39, 0.29) is 5.91 Å². The smallest absolute Gasteiger partial charge is 0.258 e. The van der Waals surface area contributed by atoms with E-state index in [0.717, 1.165) is 11.1 Å². The first-order valence-corrected chi connectivity index (χ1v) is 7.81. The van der Waals surface area contributed by atoms with Crippen LogP contribution in [0.1, 0.15) is 35.3 Å². The van der Waals surface area contributed by atoms with E-state index in [0.29, 0.717) is 30.2 Å². The van der Waals surface area contributed by atoms with Crippen LogP contribution in [-0.2, 0) is 13.1 Å². The Morgan fingerprint density at radius 1 is 1.04 bits per heavy atom. The summed E-state index contributed by atoms with van der Waals surface area (Å²) in [5.41, 5.74) is 2.71. The van der Waals surface area contributed by atoms with Crippen molar-refractivity contribution >= 4 is 5.91 Å². The van der Waals surface area contributed by atoms with Gasteiger partial charge in [0.25, 0.3) is 5.91 Å². The highest BCUT2D eigenvalue weighted by Crippen LogP contribution is 2.35. The Balaban J connectivity index is 0.000000924. The van der Waals surface area contributed by atoms with Crippen molar-refractivity contribution in [3.63, 3.8) is 0 Å². The Morgan fingerprint density at radius 3 is 2.35 bits per heavy atom. The number of rotatable bonds is 4. The number of fused-ring (bicyclic) bond motifs is 1. The summed E-state index contributed by atoms with van der Waals surface area (Å²) in [5.74, 6) is 1.29. The third kappa shape index (κ3) is 3.47. The maximum atomic E-state index is 12.6. The standard InChI is InChI=1S/C17H17NO3.C2H6/c1-20-14-8-13-11-18(10-12-6-4-3-5-7-12)17(19)16(13)15(9-14)21-2;1-2/h3-9H,10-11H2,1-2H3;1-2H3. The summed E-state index contributed by atoms with van der Waals surface area (Å²) in [4.78, 5) is 14.4. The fraction of sp³-hybridized carbons (Fsp3) is 0.316. The van der Waals surface area contributed by atoms with Gasteiger partial charge in [0.05, 0.1) is 19.8 Å². The largest absolute Gasteiger partial charge is 0.497 e. The average Bonchev–Trinajstić information content (AvgIpc) is 2.92. The first-order valence-electron chi connectivity index (χ1n) is 7.81. The number of ether oxygens (including phenoxy) is 2. The summed E-state index contributed by atoms with van der Waals surface area (Å²) in [6.45, 7) is 5.18. The number of carbonyl (C=O) groups is 1. The molecule has 122 valence electrons. The molecule has 1 aliphatic rings. The van der Waals surface area contributed by atoms with Crippen LogP contribution in [0.3, 0.4) is 0 Å². The molecule has 0 saturated carbocycles. The van der Waals surface area contributed by atoms with Crippen LogP contribution in [0.25, 0.3) is 0 Å². The molecule has 4 heteroatoms.